The zero-order valence-corrected chi connectivity index (χ0v) is 16.1. The first-order valence-electron chi connectivity index (χ1n) is 9.00. The van der Waals surface area contributed by atoms with Gasteiger partial charge in [-0.05, 0) is 36.2 Å². The molecule has 0 amide bonds. The quantitative estimate of drug-likeness (QED) is 0.390. The molecule has 1 aromatic heterocycles. The van der Waals surface area contributed by atoms with E-state index in [1.165, 1.54) is 0 Å². The van der Waals surface area contributed by atoms with E-state index in [0.29, 0.717) is 16.3 Å². The third-order valence-electron chi connectivity index (χ3n) is 4.71. The van der Waals surface area contributed by atoms with Crippen LogP contribution in [-0.2, 0) is 11.3 Å². The molecule has 0 unspecified atom stereocenters. The predicted octanol–water partition coefficient (Wildman–Crippen LogP) is 6.22. The van der Waals surface area contributed by atoms with Gasteiger partial charge in [0.15, 0.2) is 0 Å². The maximum Gasteiger partial charge on any atom is 0.339 e. The van der Waals surface area contributed by atoms with Gasteiger partial charge in [-0.1, -0.05) is 72.3 Å². The predicted molar refractivity (Wildman–Crippen MR) is 112 cm³/mol. The smallest absolute Gasteiger partial charge is 0.339 e. The summed E-state index contributed by atoms with van der Waals surface area (Å²) in [5.41, 5.74) is 4.71. The van der Waals surface area contributed by atoms with Crippen molar-refractivity contribution in [3.63, 3.8) is 0 Å². The van der Waals surface area contributed by atoms with Crippen LogP contribution in [0.15, 0.2) is 78.9 Å². The Hall–Kier alpha value is -3.17. The fourth-order valence-corrected chi connectivity index (χ4v) is 3.38. The SMILES string of the molecule is Cc1ccccc1COC(=O)c1cc(-c2ccccc2Cl)nc2ccccc12. The third kappa shape index (κ3) is 3.62. The molecule has 0 aliphatic rings. The maximum absolute atomic E-state index is 12.9. The van der Waals surface area contributed by atoms with Gasteiger partial charge in [0.25, 0.3) is 0 Å². The number of carbonyl (C=O) groups excluding carboxylic acids is 1. The van der Waals surface area contributed by atoms with Gasteiger partial charge < -0.3 is 4.74 Å². The Morgan fingerprint density at radius 2 is 1.68 bits per heavy atom. The molecule has 0 saturated carbocycles. The average molecular weight is 388 g/mol. The van der Waals surface area contributed by atoms with Crippen LogP contribution in [0.4, 0.5) is 0 Å². The molecule has 0 aliphatic carbocycles. The molecule has 0 N–H and O–H groups in total. The molecular formula is C24H18ClNO2. The van der Waals surface area contributed by atoms with E-state index in [9.17, 15) is 4.79 Å². The van der Waals surface area contributed by atoms with Crippen LogP contribution in [0.3, 0.4) is 0 Å². The molecule has 4 aromatic rings. The average Bonchev–Trinajstić information content (AvgIpc) is 2.72. The zero-order valence-electron chi connectivity index (χ0n) is 15.4. The summed E-state index contributed by atoms with van der Waals surface area (Å²) >= 11 is 6.34. The first-order chi connectivity index (χ1) is 13.6. The lowest BCUT2D eigenvalue weighted by atomic mass is 10.0. The molecule has 4 rings (SSSR count). The molecule has 0 bridgehead atoms. The summed E-state index contributed by atoms with van der Waals surface area (Å²) in [7, 11) is 0. The Kier molecular flexibility index (Phi) is 5.09. The standard InChI is InChI=1S/C24H18ClNO2/c1-16-8-2-3-9-17(16)15-28-24(27)20-14-23(19-11-4-6-12-21(19)25)26-22-13-7-5-10-18(20)22/h2-14H,15H2,1H3. The number of fused-ring (bicyclic) bond motifs is 1. The summed E-state index contributed by atoms with van der Waals surface area (Å²) < 4.78 is 5.62. The number of hydrogen-bond donors (Lipinski definition) is 0. The maximum atomic E-state index is 12.9. The lowest BCUT2D eigenvalue weighted by molar-refractivity contribution is 0.0474. The van der Waals surface area contributed by atoms with Crippen molar-refractivity contribution in [3.05, 3.63) is 101 Å². The van der Waals surface area contributed by atoms with Crippen molar-refractivity contribution in [2.24, 2.45) is 0 Å². The zero-order chi connectivity index (χ0) is 19.5. The van der Waals surface area contributed by atoms with Gasteiger partial charge in [-0.25, -0.2) is 9.78 Å². The molecule has 1 heterocycles. The van der Waals surface area contributed by atoms with Crippen molar-refractivity contribution in [2.75, 3.05) is 0 Å². The fourth-order valence-electron chi connectivity index (χ4n) is 3.14. The van der Waals surface area contributed by atoms with Crippen LogP contribution in [0.2, 0.25) is 5.02 Å². The van der Waals surface area contributed by atoms with Gasteiger partial charge in [0.05, 0.1) is 16.8 Å². The Morgan fingerprint density at radius 3 is 2.50 bits per heavy atom. The van der Waals surface area contributed by atoms with Crippen molar-refractivity contribution in [3.8, 4) is 11.3 Å². The van der Waals surface area contributed by atoms with Gasteiger partial charge in [-0.15, -0.1) is 0 Å². The third-order valence-corrected chi connectivity index (χ3v) is 5.04. The van der Waals surface area contributed by atoms with Gasteiger partial charge in [-0.3, -0.25) is 0 Å². The van der Waals surface area contributed by atoms with E-state index in [2.05, 4.69) is 4.98 Å². The number of para-hydroxylation sites is 1. The van der Waals surface area contributed by atoms with Gasteiger partial charge >= 0.3 is 5.97 Å². The monoisotopic (exact) mass is 387 g/mol. The molecule has 0 fully saturated rings. The molecule has 3 nitrogen and oxygen atoms in total. The number of hydrogen-bond acceptors (Lipinski definition) is 3. The van der Waals surface area contributed by atoms with E-state index in [1.54, 1.807) is 6.07 Å². The molecule has 0 spiro atoms. The van der Waals surface area contributed by atoms with Crippen molar-refractivity contribution < 1.29 is 9.53 Å². The highest BCUT2D eigenvalue weighted by Crippen LogP contribution is 2.30. The van der Waals surface area contributed by atoms with Crippen molar-refractivity contribution in [1.29, 1.82) is 0 Å². The summed E-state index contributed by atoms with van der Waals surface area (Å²) in [5, 5.41) is 1.34. The molecule has 28 heavy (non-hydrogen) atoms. The summed E-state index contributed by atoms with van der Waals surface area (Å²) in [6.45, 7) is 2.23. The minimum atomic E-state index is -0.379. The number of benzene rings is 3. The minimum Gasteiger partial charge on any atom is -0.457 e. The number of ether oxygens (including phenoxy) is 1. The molecule has 4 heteroatoms. The number of nitrogens with zero attached hydrogens (tertiary/aromatic N) is 1. The van der Waals surface area contributed by atoms with Crippen LogP contribution in [0, 0.1) is 6.92 Å². The van der Waals surface area contributed by atoms with Gasteiger partial charge in [0.2, 0.25) is 0 Å². The highest BCUT2D eigenvalue weighted by Gasteiger charge is 2.16. The van der Waals surface area contributed by atoms with E-state index in [4.69, 9.17) is 16.3 Å². The minimum absolute atomic E-state index is 0.226. The fraction of sp³-hybridized carbons (Fsp3) is 0.0833. The Morgan fingerprint density at radius 1 is 0.964 bits per heavy atom. The molecule has 138 valence electrons. The topological polar surface area (TPSA) is 39.2 Å². The van der Waals surface area contributed by atoms with E-state index in [0.717, 1.165) is 27.6 Å². The van der Waals surface area contributed by atoms with Crippen LogP contribution in [0.1, 0.15) is 21.5 Å². The number of halogens is 1. The van der Waals surface area contributed by atoms with Crippen molar-refractivity contribution >= 4 is 28.5 Å². The van der Waals surface area contributed by atoms with E-state index < -0.39 is 0 Å². The van der Waals surface area contributed by atoms with E-state index in [1.807, 2.05) is 79.7 Å². The summed E-state index contributed by atoms with van der Waals surface area (Å²) in [6, 6.07) is 24.6. The second kappa shape index (κ2) is 7.83. The van der Waals surface area contributed by atoms with Gasteiger partial charge in [-0.2, -0.15) is 0 Å². The first-order valence-corrected chi connectivity index (χ1v) is 9.37. The first kappa shape index (κ1) is 18.2. The van der Waals surface area contributed by atoms with E-state index >= 15 is 0 Å². The van der Waals surface area contributed by atoms with Crippen molar-refractivity contribution in [2.45, 2.75) is 13.5 Å². The van der Waals surface area contributed by atoms with Crippen LogP contribution < -0.4 is 0 Å². The van der Waals surface area contributed by atoms with Crippen molar-refractivity contribution in [1.82, 2.24) is 4.98 Å². The number of carbonyl (C=O) groups is 1. The van der Waals surface area contributed by atoms with Gasteiger partial charge in [0.1, 0.15) is 6.61 Å². The van der Waals surface area contributed by atoms with Crippen LogP contribution in [0.5, 0.6) is 0 Å². The second-order valence-electron chi connectivity index (χ2n) is 6.55. The van der Waals surface area contributed by atoms with Gasteiger partial charge in [0, 0.05) is 16.0 Å². The molecule has 0 atom stereocenters. The highest BCUT2D eigenvalue weighted by molar-refractivity contribution is 6.33. The van der Waals surface area contributed by atoms with Crippen LogP contribution >= 0.6 is 11.6 Å². The van der Waals surface area contributed by atoms with Crippen LogP contribution in [0.25, 0.3) is 22.2 Å². The van der Waals surface area contributed by atoms with Crippen LogP contribution in [-0.4, -0.2) is 11.0 Å². The highest BCUT2D eigenvalue weighted by atomic mass is 35.5. The lowest BCUT2D eigenvalue weighted by Crippen LogP contribution is -2.08. The molecule has 3 aromatic carbocycles. The summed E-state index contributed by atoms with van der Waals surface area (Å²) in [6.07, 6.45) is 0. The number of esters is 1. The Balaban J connectivity index is 1.74. The summed E-state index contributed by atoms with van der Waals surface area (Å²) in [4.78, 5) is 17.6. The number of aromatic nitrogens is 1. The normalized spacial score (nSPS) is 10.8. The molecule has 0 saturated heterocycles. The number of aryl methyl sites for hydroxylation is 1. The lowest BCUT2D eigenvalue weighted by Gasteiger charge is -2.11. The number of pyridine rings is 1. The summed E-state index contributed by atoms with van der Waals surface area (Å²) in [5.74, 6) is -0.379. The Labute approximate surface area is 168 Å². The Bertz CT molecular complexity index is 1170. The van der Waals surface area contributed by atoms with E-state index in [-0.39, 0.29) is 12.6 Å². The molecule has 0 aliphatic heterocycles. The number of rotatable bonds is 4. The largest absolute Gasteiger partial charge is 0.457 e. The molecular weight excluding hydrogens is 370 g/mol. The molecule has 0 radical (unpaired) electrons. The second-order valence-corrected chi connectivity index (χ2v) is 6.96.